The van der Waals surface area contributed by atoms with Crippen LogP contribution in [0.15, 0.2) is 0 Å². The third kappa shape index (κ3) is 8.73. The predicted octanol–water partition coefficient (Wildman–Crippen LogP) is 4.16. The van der Waals surface area contributed by atoms with E-state index < -0.39 is 67.3 Å². The Balaban J connectivity index is 1.40. The molecule has 5 aliphatic rings. The lowest BCUT2D eigenvalue weighted by Crippen LogP contribution is -2.65. The minimum absolute atomic E-state index is 0.0326. The monoisotopic (exact) mass is 757 g/mol. The Labute approximate surface area is 316 Å². The first kappa shape index (κ1) is 41.0. The van der Waals surface area contributed by atoms with E-state index in [2.05, 4.69) is 41.0 Å². The molecule has 0 aromatic heterocycles. The van der Waals surface area contributed by atoms with E-state index in [1.165, 1.54) is 0 Å². The van der Waals surface area contributed by atoms with Gasteiger partial charge in [-0.05, 0) is 87.9 Å². The molecule has 1 heterocycles. The third-order valence-corrected chi connectivity index (χ3v) is 16.6. The summed E-state index contributed by atoms with van der Waals surface area (Å²) in [4.78, 5) is 70.9. The molecule has 0 aromatic rings. The zero-order valence-electron chi connectivity index (χ0n) is 32.8. The highest BCUT2D eigenvalue weighted by Crippen LogP contribution is 2.65. The molecular formula is C40H63N5O7S. The lowest BCUT2D eigenvalue weighted by atomic mass is 9.70. The summed E-state index contributed by atoms with van der Waals surface area (Å²) in [5.41, 5.74) is -1.78. The standard InChI is InChI=1S/C40H63N5O7S/c1-8-10-17-28(31(46)34(48)41-26-18-19-26)42-33(47)30-29-27(38(29,5)6)24-45(30)35(49)32(39(7)20-13-11-14-21-39)43-36(50)44-40(22-15-12-16-23-40)25-53(51,52)37(3,4)9-2/h1,26-30,32H,9-25H2,2-7H3,(H,41,48)(H,42,47)(H2,43,44,50)/t27?,28?,29?,30-,32+/m0/s1. The maximum atomic E-state index is 14.9. The minimum Gasteiger partial charge on any atom is -0.347 e. The molecule has 4 saturated carbocycles. The van der Waals surface area contributed by atoms with E-state index in [0.717, 1.165) is 51.4 Å². The highest BCUT2D eigenvalue weighted by atomic mass is 32.2. The average molecular weight is 758 g/mol. The Hall–Kier alpha value is -3.14. The number of fused-ring (bicyclic) bond motifs is 1. The van der Waals surface area contributed by atoms with Gasteiger partial charge < -0.3 is 26.2 Å². The van der Waals surface area contributed by atoms with Crippen molar-refractivity contribution < 1.29 is 32.4 Å². The lowest BCUT2D eigenvalue weighted by molar-refractivity contribution is -0.146. The Morgan fingerprint density at radius 1 is 0.925 bits per heavy atom. The van der Waals surface area contributed by atoms with Crippen molar-refractivity contribution in [2.45, 2.75) is 172 Å². The molecular weight excluding hydrogens is 695 g/mol. The highest BCUT2D eigenvalue weighted by Gasteiger charge is 2.70. The van der Waals surface area contributed by atoms with Gasteiger partial charge in [0, 0.05) is 19.0 Å². The van der Waals surface area contributed by atoms with Crippen LogP contribution in [0.4, 0.5) is 4.79 Å². The Kier molecular flexibility index (Phi) is 12.0. The van der Waals surface area contributed by atoms with Crippen LogP contribution in [0.5, 0.6) is 0 Å². The summed E-state index contributed by atoms with van der Waals surface area (Å²) >= 11 is 0. The van der Waals surface area contributed by atoms with Crippen molar-refractivity contribution in [2.24, 2.45) is 22.7 Å². The fourth-order valence-electron chi connectivity index (χ4n) is 9.28. The van der Waals surface area contributed by atoms with Gasteiger partial charge in [-0.15, -0.1) is 12.3 Å². The highest BCUT2D eigenvalue weighted by molar-refractivity contribution is 7.92. The van der Waals surface area contributed by atoms with Crippen molar-refractivity contribution in [3.05, 3.63) is 0 Å². The van der Waals surface area contributed by atoms with E-state index in [-0.39, 0.29) is 47.8 Å². The summed E-state index contributed by atoms with van der Waals surface area (Å²) in [6.45, 7) is 11.8. The topological polar surface area (TPSA) is 171 Å². The normalized spacial score (nSPS) is 26.9. The molecule has 0 radical (unpaired) electrons. The van der Waals surface area contributed by atoms with E-state index in [9.17, 15) is 32.4 Å². The number of urea groups is 1. The number of nitrogens with zero attached hydrogens (tertiary/aromatic N) is 1. The molecule has 1 aliphatic heterocycles. The van der Waals surface area contributed by atoms with Gasteiger partial charge in [0.2, 0.25) is 17.6 Å². The van der Waals surface area contributed by atoms with Gasteiger partial charge >= 0.3 is 6.03 Å². The molecule has 1 saturated heterocycles. The first-order valence-corrected chi connectivity index (χ1v) is 21.7. The second-order valence-corrected chi connectivity index (χ2v) is 20.9. The molecule has 13 heteroatoms. The Morgan fingerprint density at radius 2 is 1.53 bits per heavy atom. The molecule has 5 fully saturated rings. The average Bonchev–Trinajstić information content (AvgIpc) is 3.95. The van der Waals surface area contributed by atoms with Gasteiger partial charge in [0.1, 0.15) is 12.1 Å². The number of ketones is 1. The predicted molar refractivity (Wildman–Crippen MR) is 203 cm³/mol. The molecule has 0 bridgehead atoms. The van der Waals surface area contributed by atoms with Crippen molar-refractivity contribution in [1.29, 1.82) is 0 Å². The van der Waals surface area contributed by atoms with Crippen molar-refractivity contribution in [1.82, 2.24) is 26.2 Å². The summed E-state index contributed by atoms with van der Waals surface area (Å²) in [6, 6.07) is -3.61. The smallest absolute Gasteiger partial charge is 0.315 e. The number of piperidine rings is 1. The number of amides is 5. The number of hydrogen-bond donors (Lipinski definition) is 4. The van der Waals surface area contributed by atoms with Crippen LogP contribution in [0.3, 0.4) is 0 Å². The van der Waals surface area contributed by atoms with Gasteiger partial charge in [-0.25, -0.2) is 13.2 Å². The van der Waals surface area contributed by atoms with Gasteiger partial charge in [-0.1, -0.05) is 66.2 Å². The Morgan fingerprint density at radius 3 is 2.09 bits per heavy atom. The number of carbonyl (C=O) groups is 5. The van der Waals surface area contributed by atoms with E-state index in [1.54, 1.807) is 18.7 Å². The van der Waals surface area contributed by atoms with Crippen molar-refractivity contribution >= 4 is 39.4 Å². The zero-order chi connectivity index (χ0) is 39.0. The first-order valence-electron chi connectivity index (χ1n) is 20.0. The number of nitrogens with one attached hydrogen (secondary N) is 4. The zero-order valence-corrected chi connectivity index (χ0v) is 33.6. The van der Waals surface area contributed by atoms with Gasteiger partial charge in [-0.2, -0.15) is 0 Å². The molecule has 3 unspecified atom stereocenters. The first-order chi connectivity index (χ1) is 24.8. The summed E-state index contributed by atoms with van der Waals surface area (Å²) < 4.78 is 26.4. The number of carbonyl (C=O) groups excluding carboxylic acids is 5. The van der Waals surface area contributed by atoms with E-state index in [1.807, 2.05) is 13.8 Å². The van der Waals surface area contributed by atoms with Gasteiger partial charge in [0.15, 0.2) is 9.84 Å². The number of likely N-dealkylation sites (tertiary alicyclic amines) is 1. The summed E-state index contributed by atoms with van der Waals surface area (Å²) in [5, 5.41) is 11.7. The maximum absolute atomic E-state index is 14.9. The lowest BCUT2D eigenvalue weighted by Gasteiger charge is -2.44. The maximum Gasteiger partial charge on any atom is 0.315 e. The molecule has 5 atom stereocenters. The molecule has 0 spiro atoms. The van der Waals surface area contributed by atoms with Crippen LogP contribution < -0.4 is 21.3 Å². The van der Waals surface area contributed by atoms with E-state index in [0.29, 0.717) is 38.6 Å². The second kappa shape index (κ2) is 15.5. The van der Waals surface area contributed by atoms with Gasteiger partial charge in [-0.3, -0.25) is 19.2 Å². The van der Waals surface area contributed by atoms with Crippen LogP contribution >= 0.6 is 0 Å². The van der Waals surface area contributed by atoms with Crippen molar-refractivity contribution in [2.75, 3.05) is 12.3 Å². The Bertz CT molecular complexity index is 1580. The summed E-state index contributed by atoms with van der Waals surface area (Å²) in [5.74, 6) is -0.164. The van der Waals surface area contributed by atoms with Crippen LogP contribution in [-0.2, 0) is 29.0 Å². The molecule has 5 rings (SSSR count). The molecule has 4 N–H and O–H groups in total. The largest absolute Gasteiger partial charge is 0.347 e. The van der Waals surface area contributed by atoms with Crippen molar-refractivity contribution in [3.8, 4) is 12.3 Å². The molecule has 4 aliphatic carbocycles. The fourth-order valence-corrected chi connectivity index (χ4v) is 11.2. The van der Waals surface area contributed by atoms with Crippen LogP contribution in [-0.4, -0.2) is 89.6 Å². The van der Waals surface area contributed by atoms with Gasteiger partial charge in [0.25, 0.3) is 5.91 Å². The number of rotatable bonds is 15. The summed E-state index contributed by atoms with van der Waals surface area (Å²) in [6.07, 6.45) is 15.6. The molecule has 5 amide bonds. The van der Waals surface area contributed by atoms with E-state index in [4.69, 9.17) is 6.42 Å². The fraction of sp³-hybridized carbons (Fsp3) is 0.825. The number of terminal acetylenes is 1. The van der Waals surface area contributed by atoms with E-state index >= 15 is 0 Å². The van der Waals surface area contributed by atoms with Crippen LogP contribution in [0.2, 0.25) is 0 Å². The minimum atomic E-state index is -3.59. The quantitative estimate of drug-likeness (QED) is 0.144. The summed E-state index contributed by atoms with van der Waals surface area (Å²) in [7, 11) is -3.59. The molecule has 0 aromatic carbocycles. The molecule has 53 heavy (non-hydrogen) atoms. The number of sulfone groups is 1. The van der Waals surface area contributed by atoms with Crippen LogP contribution in [0.1, 0.15) is 138 Å². The second-order valence-electron chi connectivity index (χ2n) is 18.3. The van der Waals surface area contributed by atoms with Gasteiger partial charge in [0.05, 0.1) is 22.1 Å². The SMILES string of the molecule is C#CCCC(NC(=O)[C@@H]1C2C(CN1C(=O)[C@@H](NC(=O)NC1(CS(=O)(=O)C(C)(C)CC)CCCCC1)C1(C)CCCCC1)C2(C)C)C(=O)C(=O)NC1CC1. The molecule has 296 valence electrons. The van der Waals surface area contributed by atoms with Crippen LogP contribution in [0.25, 0.3) is 0 Å². The third-order valence-electron chi connectivity index (χ3n) is 13.7. The molecule has 12 nitrogen and oxygen atoms in total. The number of Topliss-reactive ketones (excluding diaryl/α,β-unsaturated/α-hetero) is 1. The van der Waals surface area contributed by atoms with Crippen molar-refractivity contribution in [3.63, 3.8) is 0 Å². The number of hydrogen-bond acceptors (Lipinski definition) is 7. The van der Waals surface area contributed by atoms with Crippen LogP contribution in [0, 0.1) is 35.0 Å².